The molecule has 0 saturated carbocycles. The molecule has 0 atom stereocenters. The van der Waals surface area contributed by atoms with Gasteiger partial charge in [0, 0.05) is 17.0 Å². The lowest BCUT2D eigenvalue weighted by atomic mass is 10.1. The van der Waals surface area contributed by atoms with Crippen molar-refractivity contribution in [3.8, 4) is 17.1 Å². The maximum Gasteiger partial charge on any atom is 0.269 e. The number of nitrogens with two attached hydrogens (primary N) is 1. The first-order chi connectivity index (χ1) is 14.1. The summed E-state index contributed by atoms with van der Waals surface area (Å²) < 4.78 is 1.93. The number of hydrogen-bond donors (Lipinski definition) is 1. The van der Waals surface area contributed by atoms with Gasteiger partial charge in [0.15, 0.2) is 22.3 Å². The molecule has 2 N–H and O–H groups in total. The molecule has 0 aliphatic heterocycles. The second-order valence-corrected chi connectivity index (χ2v) is 7.45. The van der Waals surface area contributed by atoms with Gasteiger partial charge in [-0.1, -0.05) is 65.9 Å². The van der Waals surface area contributed by atoms with E-state index in [-0.39, 0.29) is 5.69 Å². The van der Waals surface area contributed by atoms with Crippen LogP contribution in [0.5, 0.6) is 0 Å². The van der Waals surface area contributed by atoms with E-state index in [0.717, 1.165) is 16.8 Å². The molecule has 0 aliphatic rings. The molecule has 0 aliphatic carbocycles. The van der Waals surface area contributed by atoms with E-state index in [1.165, 1.54) is 11.8 Å². The molecule has 0 radical (unpaired) electrons. The van der Waals surface area contributed by atoms with Crippen LogP contribution >= 0.6 is 11.8 Å². The molecule has 0 fully saturated rings. The van der Waals surface area contributed by atoms with Crippen molar-refractivity contribution in [2.45, 2.75) is 12.1 Å². The predicted octanol–water partition coefficient (Wildman–Crippen LogP) is 4.17. The van der Waals surface area contributed by atoms with Gasteiger partial charge in [0.05, 0.1) is 0 Å². The lowest BCUT2D eigenvalue weighted by Crippen LogP contribution is -2.15. The Morgan fingerprint density at radius 1 is 1.10 bits per heavy atom. The SMILES string of the molecule is C=CCSc1nc2c(C(N)=O)nc(-c3ccc(C)cc3)nc2n1-c1ccccc1. The normalized spacial score (nSPS) is 10.9. The topological polar surface area (TPSA) is 86.7 Å². The Morgan fingerprint density at radius 2 is 1.83 bits per heavy atom. The van der Waals surface area contributed by atoms with Gasteiger partial charge in [-0.25, -0.2) is 15.0 Å². The lowest BCUT2D eigenvalue weighted by Gasteiger charge is -2.09. The number of thioether (sulfide) groups is 1. The van der Waals surface area contributed by atoms with Gasteiger partial charge in [-0.15, -0.1) is 6.58 Å². The molecular formula is C22H19N5OS. The van der Waals surface area contributed by atoms with Crippen LogP contribution < -0.4 is 5.73 Å². The number of benzene rings is 2. The molecule has 7 heteroatoms. The van der Waals surface area contributed by atoms with Gasteiger partial charge in [-0.2, -0.15) is 0 Å². The maximum absolute atomic E-state index is 12.2. The maximum atomic E-state index is 12.2. The number of imidazole rings is 1. The average molecular weight is 401 g/mol. The molecule has 0 spiro atoms. The van der Waals surface area contributed by atoms with Gasteiger partial charge in [-0.05, 0) is 19.1 Å². The third-order valence-electron chi connectivity index (χ3n) is 4.36. The number of nitrogens with zero attached hydrogens (tertiary/aromatic N) is 4. The monoisotopic (exact) mass is 401 g/mol. The summed E-state index contributed by atoms with van der Waals surface area (Å²) in [6.45, 7) is 5.79. The Bertz CT molecular complexity index is 1200. The van der Waals surface area contributed by atoms with Crippen LogP contribution in [-0.4, -0.2) is 31.2 Å². The van der Waals surface area contributed by atoms with Crippen LogP contribution in [0.25, 0.3) is 28.2 Å². The third-order valence-corrected chi connectivity index (χ3v) is 5.30. The number of primary amides is 1. The van der Waals surface area contributed by atoms with Gasteiger partial charge in [0.25, 0.3) is 5.91 Å². The molecule has 4 rings (SSSR count). The summed E-state index contributed by atoms with van der Waals surface area (Å²) in [5.74, 6) is 0.465. The summed E-state index contributed by atoms with van der Waals surface area (Å²) in [5, 5.41) is 0.698. The van der Waals surface area contributed by atoms with Crippen molar-refractivity contribution >= 4 is 28.8 Å². The zero-order valence-corrected chi connectivity index (χ0v) is 16.7. The zero-order valence-electron chi connectivity index (χ0n) is 15.9. The minimum absolute atomic E-state index is 0.112. The number of carbonyl (C=O) groups excluding carboxylic acids is 1. The van der Waals surface area contributed by atoms with Crippen molar-refractivity contribution in [3.05, 3.63) is 78.5 Å². The second kappa shape index (κ2) is 7.89. The molecule has 4 aromatic rings. The third kappa shape index (κ3) is 3.64. The number of para-hydroxylation sites is 1. The summed E-state index contributed by atoms with van der Waals surface area (Å²) in [6.07, 6.45) is 1.80. The van der Waals surface area contributed by atoms with Gasteiger partial charge >= 0.3 is 0 Å². The summed E-state index contributed by atoms with van der Waals surface area (Å²) in [6, 6.07) is 17.6. The molecule has 2 aromatic carbocycles. The van der Waals surface area contributed by atoms with Crippen LogP contribution in [0.1, 0.15) is 16.1 Å². The fraction of sp³-hybridized carbons (Fsp3) is 0.0909. The first-order valence-electron chi connectivity index (χ1n) is 9.05. The molecular weight excluding hydrogens is 382 g/mol. The van der Waals surface area contributed by atoms with E-state index in [4.69, 9.17) is 10.7 Å². The Kier molecular flexibility index (Phi) is 5.14. The number of aromatic nitrogens is 4. The van der Waals surface area contributed by atoms with Crippen molar-refractivity contribution in [3.63, 3.8) is 0 Å². The Hall–Kier alpha value is -3.45. The highest BCUT2D eigenvalue weighted by Crippen LogP contribution is 2.30. The minimum Gasteiger partial charge on any atom is -0.364 e. The van der Waals surface area contributed by atoms with Gasteiger partial charge in [0.2, 0.25) is 0 Å². The number of rotatable bonds is 6. The fourth-order valence-electron chi connectivity index (χ4n) is 2.98. The minimum atomic E-state index is -0.635. The van der Waals surface area contributed by atoms with Gasteiger partial charge < -0.3 is 5.73 Å². The van der Waals surface area contributed by atoms with Crippen LogP contribution in [0.3, 0.4) is 0 Å². The summed E-state index contributed by atoms with van der Waals surface area (Å²) in [5.41, 5.74) is 9.52. The molecule has 2 heterocycles. The van der Waals surface area contributed by atoms with Crippen molar-refractivity contribution in [1.29, 1.82) is 0 Å². The Morgan fingerprint density at radius 3 is 2.48 bits per heavy atom. The van der Waals surface area contributed by atoms with Gasteiger partial charge in [-0.3, -0.25) is 9.36 Å². The first-order valence-corrected chi connectivity index (χ1v) is 10.0. The van der Waals surface area contributed by atoms with Gasteiger partial charge in [0.1, 0.15) is 5.52 Å². The number of aryl methyl sites for hydroxylation is 1. The quantitative estimate of drug-likeness (QED) is 0.387. The van der Waals surface area contributed by atoms with Crippen LogP contribution in [-0.2, 0) is 0 Å². The average Bonchev–Trinajstić information content (AvgIpc) is 3.10. The highest BCUT2D eigenvalue weighted by molar-refractivity contribution is 7.99. The highest BCUT2D eigenvalue weighted by Gasteiger charge is 2.22. The zero-order chi connectivity index (χ0) is 20.4. The van der Waals surface area contributed by atoms with Crippen molar-refractivity contribution in [2.24, 2.45) is 5.73 Å². The number of fused-ring (bicyclic) bond motifs is 1. The van der Waals surface area contributed by atoms with E-state index in [1.54, 1.807) is 6.08 Å². The predicted molar refractivity (Wildman–Crippen MR) is 116 cm³/mol. The smallest absolute Gasteiger partial charge is 0.269 e. The molecule has 6 nitrogen and oxygen atoms in total. The molecule has 29 heavy (non-hydrogen) atoms. The van der Waals surface area contributed by atoms with E-state index in [0.29, 0.717) is 27.9 Å². The number of hydrogen-bond acceptors (Lipinski definition) is 5. The van der Waals surface area contributed by atoms with Crippen LogP contribution in [0.15, 0.2) is 72.4 Å². The fourth-order valence-corrected chi connectivity index (χ4v) is 3.73. The van der Waals surface area contributed by atoms with E-state index in [1.807, 2.05) is 66.1 Å². The van der Waals surface area contributed by atoms with Crippen molar-refractivity contribution < 1.29 is 4.79 Å². The van der Waals surface area contributed by atoms with Crippen LogP contribution in [0, 0.1) is 6.92 Å². The van der Waals surface area contributed by atoms with Crippen LogP contribution in [0.4, 0.5) is 0 Å². The molecule has 2 aromatic heterocycles. The molecule has 0 unspecified atom stereocenters. The standard InChI is InChI=1S/C22H19N5OS/c1-3-13-29-22-25-18-17(19(23)28)24-20(15-11-9-14(2)10-12-15)26-21(18)27(22)16-7-5-4-6-8-16/h3-12H,1,13H2,2H3,(H2,23,28). The molecule has 0 bridgehead atoms. The Balaban J connectivity index is 2.03. The molecule has 0 saturated heterocycles. The lowest BCUT2D eigenvalue weighted by molar-refractivity contribution is 0.0997. The number of amides is 1. The Labute approximate surface area is 172 Å². The summed E-state index contributed by atoms with van der Waals surface area (Å²) in [7, 11) is 0. The molecule has 1 amide bonds. The van der Waals surface area contributed by atoms with Crippen molar-refractivity contribution in [1.82, 2.24) is 19.5 Å². The van der Waals surface area contributed by atoms with E-state index < -0.39 is 5.91 Å². The highest BCUT2D eigenvalue weighted by atomic mass is 32.2. The number of carbonyl (C=O) groups is 1. The van der Waals surface area contributed by atoms with E-state index in [2.05, 4.69) is 16.5 Å². The summed E-state index contributed by atoms with van der Waals surface area (Å²) in [4.78, 5) is 26.0. The first kappa shape index (κ1) is 18.9. The summed E-state index contributed by atoms with van der Waals surface area (Å²) >= 11 is 1.51. The van der Waals surface area contributed by atoms with E-state index >= 15 is 0 Å². The second-order valence-electron chi connectivity index (χ2n) is 6.46. The molecule has 144 valence electrons. The largest absolute Gasteiger partial charge is 0.364 e. The van der Waals surface area contributed by atoms with E-state index in [9.17, 15) is 4.79 Å². The van der Waals surface area contributed by atoms with Crippen LogP contribution in [0.2, 0.25) is 0 Å². The van der Waals surface area contributed by atoms with Crippen molar-refractivity contribution in [2.75, 3.05) is 5.75 Å².